The van der Waals surface area contributed by atoms with E-state index >= 15 is 0 Å². The minimum absolute atomic E-state index is 0.476. The summed E-state index contributed by atoms with van der Waals surface area (Å²) in [6.07, 6.45) is 3.85. The van der Waals surface area contributed by atoms with Crippen LogP contribution in [0.1, 0.15) is 44.2 Å². The monoisotopic (exact) mass is 276 g/mol. The van der Waals surface area contributed by atoms with Crippen LogP contribution in [0.5, 0.6) is 0 Å². The predicted molar refractivity (Wildman–Crippen MR) is 86.7 cm³/mol. The zero-order valence-electron chi connectivity index (χ0n) is 12.1. The third-order valence-electron chi connectivity index (χ3n) is 4.46. The molecule has 104 valence electrons. The van der Waals surface area contributed by atoms with Crippen molar-refractivity contribution in [3.63, 3.8) is 0 Å². The van der Waals surface area contributed by atoms with Gasteiger partial charge in [0.05, 0.1) is 0 Å². The highest BCUT2D eigenvalue weighted by Gasteiger charge is 2.24. The fourth-order valence-corrected chi connectivity index (χ4v) is 3.17. The van der Waals surface area contributed by atoms with Crippen LogP contribution in [0.4, 0.5) is 5.69 Å². The molecule has 3 unspecified atom stereocenters. The van der Waals surface area contributed by atoms with Gasteiger partial charge in [-0.25, -0.2) is 0 Å². The molecule has 1 aromatic rings. The molecular formula is C16H24N2S. The van der Waals surface area contributed by atoms with Crippen LogP contribution in [-0.4, -0.2) is 11.0 Å². The molecule has 0 saturated heterocycles. The normalized spacial score (nSPS) is 27.0. The Hall–Kier alpha value is -1.09. The van der Waals surface area contributed by atoms with Gasteiger partial charge in [0.15, 0.2) is 0 Å². The van der Waals surface area contributed by atoms with Crippen molar-refractivity contribution in [1.29, 1.82) is 0 Å². The summed E-state index contributed by atoms with van der Waals surface area (Å²) >= 11 is 5.04. The van der Waals surface area contributed by atoms with Crippen molar-refractivity contribution in [1.82, 2.24) is 0 Å². The Bertz CT molecular complexity index is 470. The van der Waals surface area contributed by atoms with Crippen LogP contribution in [0.15, 0.2) is 18.2 Å². The number of hydrogen-bond acceptors (Lipinski definition) is 2. The molecule has 2 rings (SSSR count). The highest BCUT2D eigenvalue weighted by molar-refractivity contribution is 7.80. The van der Waals surface area contributed by atoms with Crippen LogP contribution in [0.25, 0.3) is 0 Å². The van der Waals surface area contributed by atoms with Crippen LogP contribution in [0, 0.1) is 18.8 Å². The van der Waals surface area contributed by atoms with Crippen LogP contribution >= 0.6 is 12.2 Å². The summed E-state index contributed by atoms with van der Waals surface area (Å²) in [5, 5.41) is 3.65. The molecule has 3 heteroatoms. The molecule has 1 saturated carbocycles. The molecule has 0 spiro atoms. The molecule has 0 radical (unpaired) electrons. The fraction of sp³-hybridized carbons (Fsp3) is 0.562. The average molecular weight is 276 g/mol. The zero-order valence-corrected chi connectivity index (χ0v) is 12.9. The van der Waals surface area contributed by atoms with Gasteiger partial charge >= 0.3 is 0 Å². The molecule has 1 aliphatic carbocycles. The van der Waals surface area contributed by atoms with E-state index in [-0.39, 0.29) is 0 Å². The predicted octanol–water partition coefficient (Wildman–Crippen LogP) is 3.87. The Labute approximate surface area is 121 Å². The van der Waals surface area contributed by atoms with Gasteiger partial charge in [-0.3, -0.25) is 0 Å². The van der Waals surface area contributed by atoms with E-state index in [9.17, 15) is 0 Å². The minimum atomic E-state index is 0.476. The van der Waals surface area contributed by atoms with Gasteiger partial charge in [0.25, 0.3) is 0 Å². The molecular weight excluding hydrogens is 252 g/mol. The Morgan fingerprint density at radius 2 is 2.00 bits per heavy atom. The summed E-state index contributed by atoms with van der Waals surface area (Å²) in [5.41, 5.74) is 9.00. The lowest BCUT2D eigenvalue weighted by atomic mass is 9.79. The number of rotatable bonds is 3. The molecule has 0 amide bonds. The molecule has 1 aliphatic rings. The quantitative estimate of drug-likeness (QED) is 0.823. The van der Waals surface area contributed by atoms with Gasteiger partial charge in [0, 0.05) is 17.3 Å². The van der Waals surface area contributed by atoms with Crippen molar-refractivity contribution in [2.24, 2.45) is 17.6 Å². The lowest BCUT2D eigenvalue weighted by molar-refractivity contribution is 0.261. The smallest absolute Gasteiger partial charge is 0.104 e. The minimum Gasteiger partial charge on any atom is -0.389 e. The summed E-state index contributed by atoms with van der Waals surface area (Å²) in [4.78, 5) is 0.476. The van der Waals surface area contributed by atoms with Gasteiger partial charge in [-0.2, -0.15) is 0 Å². The van der Waals surface area contributed by atoms with E-state index < -0.39 is 0 Å². The SMILES string of the molecule is Cc1cc(NC2CCC(C)C(C)C2)ccc1C(N)=S. The topological polar surface area (TPSA) is 38.0 Å². The highest BCUT2D eigenvalue weighted by Crippen LogP contribution is 2.31. The average Bonchev–Trinajstić information content (AvgIpc) is 2.33. The Balaban J connectivity index is 2.04. The standard InChI is InChI=1S/C16H24N2S/c1-10-4-5-13(8-11(10)2)18-14-6-7-15(16(17)19)12(3)9-14/h6-7,9-11,13,18H,4-5,8H2,1-3H3,(H2,17,19). The third kappa shape index (κ3) is 3.47. The van der Waals surface area contributed by atoms with E-state index in [2.05, 4.69) is 38.2 Å². The second-order valence-corrected chi connectivity index (χ2v) is 6.44. The molecule has 3 atom stereocenters. The first-order chi connectivity index (χ1) is 8.97. The van der Waals surface area contributed by atoms with Crippen LogP contribution in [0.2, 0.25) is 0 Å². The van der Waals surface area contributed by atoms with Crippen molar-refractivity contribution in [2.75, 3.05) is 5.32 Å². The van der Waals surface area contributed by atoms with Crippen molar-refractivity contribution in [3.05, 3.63) is 29.3 Å². The zero-order chi connectivity index (χ0) is 14.0. The Morgan fingerprint density at radius 3 is 2.58 bits per heavy atom. The molecule has 19 heavy (non-hydrogen) atoms. The van der Waals surface area contributed by atoms with E-state index in [4.69, 9.17) is 18.0 Å². The van der Waals surface area contributed by atoms with Gasteiger partial charge in [-0.15, -0.1) is 0 Å². The molecule has 0 aliphatic heterocycles. The van der Waals surface area contributed by atoms with E-state index in [0.29, 0.717) is 11.0 Å². The second kappa shape index (κ2) is 5.91. The molecule has 0 bridgehead atoms. The first-order valence-electron chi connectivity index (χ1n) is 7.14. The number of anilines is 1. The van der Waals surface area contributed by atoms with Crippen LogP contribution in [0.3, 0.4) is 0 Å². The molecule has 0 aromatic heterocycles. The number of nitrogens with two attached hydrogens (primary N) is 1. The molecule has 3 N–H and O–H groups in total. The highest BCUT2D eigenvalue weighted by atomic mass is 32.1. The fourth-order valence-electron chi connectivity index (χ4n) is 2.94. The third-order valence-corrected chi connectivity index (χ3v) is 4.68. The maximum absolute atomic E-state index is 5.69. The number of hydrogen-bond donors (Lipinski definition) is 2. The number of aryl methyl sites for hydroxylation is 1. The summed E-state index contributed by atoms with van der Waals surface area (Å²) in [6.45, 7) is 6.78. The Morgan fingerprint density at radius 1 is 1.26 bits per heavy atom. The number of thiocarbonyl (C=S) groups is 1. The van der Waals surface area contributed by atoms with Crippen molar-refractivity contribution in [3.8, 4) is 0 Å². The summed E-state index contributed by atoms with van der Waals surface area (Å²) in [5.74, 6) is 1.67. The van der Waals surface area contributed by atoms with Gasteiger partial charge < -0.3 is 11.1 Å². The van der Waals surface area contributed by atoms with E-state index in [0.717, 1.165) is 23.0 Å². The molecule has 0 heterocycles. The largest absolute Gasteiger partial charge is 0.389 e. The van der Waals surface area contributed by atoms with Crippen molar-refractivity contribution >= 4 is 22.9 Å². The van der Waals surface area contributed by atoms with E-state index in [1.807, 2.05) is 6.07 Å². The van der Waals surface area contributed by atoms with Gasteiger partial charge in [0.2, 0.25) is 0 Å². The maximum atomic E-state index is 5.69. The first-order valence-corrected chi connectivity index (χ1v) is 7.55. The summed E-state index contributed by atoms with van der Waals surface area (Å²) in [6, 6.07) is 6.86. The summed E-state index contributed by atoms with van der Waals surface area (Å²) < 4.78 is 0. The molecule has 1 aromatic carbocycles. The van der Waals surface area contributed by atoms with Gasteiger partial charge in [0.1, 0.15) is 4.99 Å². The molecule has 2 nitrogen and oxygen atoms in total. The lowest BCUT2D eigenvalue weighted by Crippen LogP contribution is -2.30. The van der Waals surface area contributed by atoms with Crippen LogP contribution in [-0.2, 0) is 0 Å². The Kier molecular flexibility index (Phi) is 4.46. The summed E-state index contributed by atoms with van der Waals surface area (Å²) in [7, 11) is 0. The second-order valence-electron chi connectivity index (χ2n) is 6.00. The van der Waals surface area contributed by atoms with Gasteiger partial charge in [-0.05, 0) is 61.8 Å². The lowest BCUT2D eigenvalue weighted by Gasteiger charge is -2.33. The van der Waals surface area contributed by atoms with Gasteiger partial charge in [-0.1, -0.05) is 26.1 Å². The number of benzene rings is 1. The maximum Gasteiger partial charge on any atom is 0.104 e. The number of nitrogens with one attached hydrogen (secondary N) is 1. The van der Waals surface area contributed by atoms with Crippen LogP contribution < -0.4 is 11.1 Å². The molecule has 1 fully saturated rings. The van der Waals surface area contributed by atoms with Crippen molar-refractivity contribution < 1.29 is 0 Å². The van der Waals surface area contributed by atoms with E-state index in [1.54, 1.807) is 0 Å². The van der Waals surface area contributed by atoms with Crippen molar-refractivity contribution in [2.45, 2.75) is 46.1 Å². The first kappa shape index (κ1) is 14.3. The van der Waals surface area contributed by atoms with E-state index in [1.165, 1.54) is 24.9 Å².